The number of epoxide rings is 1. The van der Waals surface area contributed by atoms with Gasteiger partial charge in [-0.1, -0.05) is 0 Å². The van der Waals surface area contributed by atoms with Gasteiger partial charge in [0, 0.05) is 52.4 Å². The van der Waals surface area contributed by atoms with E-state index in [4.69, 9.17) is 15.2 Å². The number of primary amides is 1. The van der Waals surface area contributed by atoms with Gasteiger partial charge in [0.05, 0.1) is 26.2 Å². The van der Waals surface area contributed by atoms with Crippen LogP contribution in [-0.2, 0) is 47.8 Å². The van der Waals surface area contributed by atoms with Gasteiger partial charge < -0.3 is 41.4 Å². The summed E-state index contributed by atoms with van der Waals surface area (Å²) in [6.45, 7) is 6.04. The second-order valence-electron chi connectivity index (χ2n) is 11.5. The second-order valence-corrected chi connectivity index (χ2v) is 11.5. The van der Waals surface area contributed by atoms with Gasteiger partial charge in [-0.15, -0.1) is 0 Å². The van der Waals surface area contributed by atoms with Crippen molar-refractivity contribution in [3.8, 4) is 0 Å². The molecule has 4 atom stereocenters. The van der Waals surface area contributed by atoms with E-state index in [-0.39, 0.29) is 32.8 Å². The lowest BCUT2D eigenvalue weighted by molar-refractivity contribution is -0.146. The number of hydrogen-bond donors (Lipinski definition) is 7. The number of nitrogens with zero attached hydrogens (tertiary/aromatic N) is 4. The molecule has 0 spiro atoms. The highest BCUT2D eigenvalue weighted by Gasteiger charge is 2.53. The van der Waals surface area contributed by atoms with Crippen molar-refractivity contribution in [1.29, 1.82) is 0 Å². The van der Waals surface area contributed by atoms with Crippen molar-refractivity contribution in [2.75, 3.05) is 85.1 Å². The van der Waals surface area contributed by atoms with Gasteiger partial charge in [0.25, 0.3) is 11.8 Å². The molecule has 2 rings (SSSR count). The first-order valence-corrected chi connectivity index (χ1v) is 15.7. The molecule has 2 aliphatic rings. The van der Waals surface area contributed by atoms with Crippen LogP contribution in [0.5, 0.6) is 0 Å². The molecule has 49 heavy (non-hydrogen) atoms. The Labute approximate surface area is 282 Å². The number of carbonyl (C=O) groups is 8. The molecule has 2 fully saturated rings. The Bertz CT molecular complexity index is 1220. The molecule has 21 nitrogen and oxygen atoms in total. The van der Waals surface area contributed by atoms with E-state index in [1.165, 1.54) is 13.8 Å². The number of esters is 1. The molecule has 2 unspecified atom stereocenters. The molecule has 0 aromatic heterocycles. The summed E-state index contributed by atoms with van der Waals surface area (Å²) in [4.78, 5) is 102. The van der Waals surface area contributed by atoms with Crippen molar-refractivity contribution in [3.05, 3.63) is 0 Å². The number of carboxylic acid groups (broad SMARTS) is 2. The zero-order valence-electron chi connectivity index (χ0n) is 27.8. The Morgan fingerprint density at radius 2 is 1.33 bits per heavy atom. The molecule has 2 aliphatic heterocycles. The van der Waals surface area contributed by atoms with E-state index < -0.39 is 78.3 Å². The molecule has 0 aromatic carbocycles. The highest BCUT2D eigenvalue weighted by Crippen LogP contribution is 2.25. The first kappa shape index (κ1) is 40.7. The standard InChI is InChI=1S/C28H47N9O12/c1-4-48-28(47)24-23(49-24)27(46)37(13-19(29)38)33-26(45)18(3)32-25(44)17(2)31-20(39)14-34-7-5-30-6-8-35(15-21(40)41)10-12-36(11-9-34)16-22(42)43/h17-18,23-24,30H,4-16H2,1-3H3,(H2,29,38)(H,31,39)(H,32,44)(H,33,45)(H,40,41)(H,42,43)/t17?,18?,23-,24+/m0/s1. The summed E-state index contributed by atoms with van der Waals surface area (Å²) in [6.07, 6.45) is -2.49. The number of carboxylic acids is 2. The average Bonchev–Trinajstić information content (AvgIpc) is 3.81. The number of hydrogen-bond acceptors (Lipinski definition) is 14. The van der Waals surface area contributed by atoms with E-state index in [1.54, 1.807) is 21.6 Å². The maximum atomic E-state index is 12.9. The molecule has 0 aliphatic carbocycles. The molecule has 8 N–H and O–H groups in total. The molecular formula is C28H47N9O12. The third-order valence-corrected chi connectivity index (χ3v) is 7.36. The lowest BCUT2D eigenvalue weighted by Crippen LogP contribution is -2.58. The third-order valence-electron chi connectivity index (χ3n) is 7.36. The summed E-state index contributed by atoms with van der Waals surface area (Å²) in [5, 5.41) is 27.3. The minimum atomic E-state index is -1.29. The molecular weight excluding hydrogens is 654 g/mol. The summed E-state index contributed by atoms with van der Waals surface area (Å²) >= 11 is 0. The minimum Gasteiger partial charge on any atom is -0.480 e. The maximum Gasteiger partial charge on any atom is 0.338 e. The molecule has 5 amide bonds. The second kappa shape index (κ2) is 20.2. The summed E-state index contributed by atoms with van der Waals surface area (Å²) in [6, 6.07) is -2.34. The van der Waals surface area contributed by atoms with Crippen LogP contribution in [0.4, 0.5) is 0 Å². The van der Waals surface area contributed by atoms with E-state index in [0.717, 1.165) is 0 Å². The van der Waals surface area contributed by atoms with Crippen molar-refractivity contribution < 1.29 is 58.0 Å². The zero-order chi connectivity index (χ0) is 36.7. The van der Waals surface area contributed by atoms with Gasteiger partial charge in [-0.3, -0.25) is 53.7 Å². The van der Waals surface area contributed by atoms with Crippen LogP contribution in [-0.4, -0.2) is 187 Å². The van der Waals surface area contributed by atoms with Gasteiger partial charge in [0.15, 0.2) is 12.2 Å². The fourth-order valence-electron chi connectivity index (χ4n) is 4.73. The number of ether oxygens (including phenoxy) is 2. The van der Waals surface area contributed by atoms with Gasteiger partial charge in [-0.2, -0.15) is 0 Å². The average molecular weight is 702 g/mol. The van der Waals surface area contributed by atoms with Crippen LogP contribution in [0.2, 0.25) is 0 Å². The molecule has 276 valence electrons. The lowest BCUT2D eigenvalue weighted by atomic mass is 10.2. The number of aliphatic carboxylic acids is 2. The summed E-state index contributed by atoms with van der Waals surface area (Å²) < 4.78 is 9.81. The largest absolute Gasteiger partial charge is 0.480 e. The van der Waals surface area contributed by atoms with Crippen LogP contribution in [0.25, 0.3) is 0 Å². The van der Waals surface area contributed by atoms with Crippen molar-refractivity contribution in [1.82, 2.24) is 41.1 Å². The molecule has 0 radical (unpaired) electrons. The minimum absolute atomic E-state index is 0.0539. The first-order valence-electron chi connectivity index (χ1n) is 15.7. The smallest absolute Gasteiger partial charge is 0.338 e. The first-order chi connectivity index (χ1) is 23.1. The quantitative estimate of drug-likeness (QED) is 0.0476. The van der Waals surface area contributed by atoms with E-state index >= 15 is 0 Å². The maximum absolute atomic E-state index is 12.9. The topological polar surface area (TPSA) is 286 Å². The number of hydrazine groups is 1. The van der Waals surface area contributed by atoms with Gasteiger partial charge in [0.1, 0.15) is 18.6 Å². The van der Waals surface area contributed by atoms with E-state index in [9.17, 15) is 48.6 Å². The normalized spacial score (nSPS) is 20.6. The predicted molar refractivity (Wildman–Crippen MR) is 167 cm³/mol. The van der Waals surface area contributed by atoms with E-state index in [1.807, 2.05) is 0 Å². The summed E-state index contributed by atoms with van der Waals surface area (Å²) in [7, 11) is 0. The number of nitrogens with one attached hydrogen (secondary N) is 4. The van der Waals surface area contributed by atoms with Gasteiger partial charge in [-0.25, -0.2) is 9.80 Å². The van der Waals surface area contributed by atoms with Crippen molar-refractivity contribution in [2.45, 2.75) is 45.1 Å². The zero-order valence-corrected chi connectivity index (χ0v) is 27.8. The van der Waals surface area contributed by atoms with Crippen LogP contribution in [0.15, 0.2) is 0 Å². The summed E-state index contributed by atoms with van der Waals surface area (Å²) in [5.41, 5.74) is 7.37. The van der Waals surface area contributed by atoms with Crippen LogP contribution in [0.3, 0.4) is 0 Å². The fraction of sp³-hybridized carbons (Fsp3) is 0.714. The molecule has 0 saturated carbocycles. The van der Waals surface area contributed by atoms with Gasteiger partial charge in [0.2, 0.25) is 17.7 Å². The van der Waals surface area contributed by atoms with Crippen LogP contribution >= 0.6 is 0 Å². The number of rotatable bonds is 15. The molecule has 21 heteroatoms. The Hall–Kier alpha value is -4.44. The highest BCUT2D eigenvalue weighted by molar-refractivity contribution is 5.97. The number of carbonyl (C=O) groups excluding carboxylic acids is 6. The number of amides is 5. The Morgan fingerprint density at radius 3 is 1.84 bits per heavy atom. The lowest BCUT2D eigenvalue weighted by Gasteiger charge is -2.30. The molecule has 2 heterocycles. The molecule has 0 aromatic rings. The van der Waals surface area contributed by atoms with Crippen LogP contribution < -0.4 is 27.1 Å². The highest BCUT2D eigenvalue weighted by atomic mass is 16.6. The number of nitrogens with two attached hydrogens (primary N) is 1. The summed E-state index contributed by atoms with van der Waals surface area (Å²) in [5.74, 6) is -6.85. The SMILES string of the molecule is CCOC(=O)[C@@H]1O[C@@H]1C(=O)N(CC(N)=O)NC(=O)C(C)NC(=O)C(C)NC(=O)CN1CCNCCN(CC(=O)O)CCN(CC(=O)O)CC1. The van der Waals surface area contributed by atoms with Crippen LogP contribution in [0.1, 0.15) is 20.8 Å². The van der Waals surface area contributed by atoms with Gasteiger partial charge in [-0.05, 0) is 20.8 Å². The van der Waals surface area contributed by atoms with Crippen molar-refractivity contribution in [2.24, 2.45) is 5.73 Å². The Morgan fingerprint density at radius 1 is 0.816 bits per heavy atom. The fourth-order valence-corrected chi connectivity index (χ4v) is 4.73. The third kappa shape index (κ3) is 15.1. The van der Waals surface area contributed by atoms with Gasteiger partial charge >= 0.3 is 17.9 Å². The van der Waals surface area contributed by atoms with Crippen LogP contribution in [0, 0.1) is 0 Å². The van der Waals surface area contributed by atoms with Crippen molar-refractivity contribution >= 4 is 47.4 Å². The molecule has 0 bridgehead atoms. The monoisotopic (exact) mass is 701 g/mol. The van der Waals surface area contributed by atoms with Crippen molar-refractivity contribution in [3.63, 3.8) is 0 Å². The van der Waals surface area contributed by atoms with E-state index in [2.05, 4.69) is 21.4 Å². The van der Waals surface area contributed by atoms with E-state index in [0.29, 0.717) is 50.8 Å². The predicted octanol–water partition coefficient (Wildman–Crippen LogP) is -5.65. The Balaban J connectivity index is 1.91. The molecule has 2 saturated heterocycles. The Kier molecular flexibility index (Phi) is 16.8.